The number of hydrogen-bond acceptors (Lipinski definition) is 4. The molecule has 0 unspecified atom stereocenters. The summed E-state index contributed by atoms with van der Waals surface area (Å²) in [6.45, 7) is 0. The van der Waals surface area contributed by atoms with Gasteiger partial charge in [0.15, 0.2) is 5.89 Å². The standard InChI is InChI=1S/C14H11ClN2OS/c15-12-5-9(6-16)1-4-13(12)19-8-11-7-17-14(18-11)10-2-3-10/h1,4-5,7,10H,2-3,8H2. The lowest BCUT2D eigenvalue weighted by molar-refractivity contribution is 0.470. The molecule has 1 aliphatic carbocycles. The smallest absolute Gasteiger partial charge is 0.197 e. The van der Waals surface area contributed by atoms with Gasteiger partial charge in [-0.2, -0.15) is 5.26 Å². The van der Waals surface area contributed by atoms with Crippen LogP contribution < -0.4 is 0 Å². The molecule has 1 aromatic carbocycles. The van der Waals surface area contributed by atoms with Crippen molar-refractivity contribution in [3.63, 3.8) is 0 Å². The second-order valence-electron chi connectivity index (χ2n) is 4.48. The molecule has 0 N–H and O–H groups in total. The topological polar surface area (TPSA) is 49.8 Å². The second kappa shape index (κ2) is 5.28. The van der Waals surface area contributed by atoms with Gasteiger partial charge >= 0.3 is 0 Å². The van der Waals surface area contributed by atoms with E-state index in [1.54, 1.807) is 30.1 Å². The highest BCUT2D eigenvalue weighted by molar-refractivity contribution is 7.98. The van der Waals surface area contributed by atoms with Crippen molar-refractivity contribution in [3.05, 3.63) is 46.6 Å². The van der Waals surface area contributed by atoms with Crippen LogP contribution in [0.1, 0.15) is 36.0 Å². The summed E-state index contributed by atoms with van der Waals surface area (Å²) in [4.78, 5) is 5.23. The first-order valence-corrected chi connectivity index (χ1v) is 7.39. The lowest BCUT2D eigenvalue weighted by atomic mass is 10.2. The molecule has 1 heterocycles. The summed E-state index contributed by atoms with van der Waals surface area (Å²) in [5, 5.41) is 9.39. The van der Waals surface area contributed by atoms with Crippen molar-refractivity contribution in [2.24, 2.45) is 0 Å². The van der Waals surface area contributed by atoms with Crippen LogP contribution in [0.3, 0.4) is 0 Å². The van der Waals surface area contributed by atoms with Gasteiger partial charge in [0, 0.05) is 10.8 Å². The number of nitrogens with zero attached hydrogens (tertiary/aromatic N) is 2. The Kier molecular flexibility index (Phi) is 3.50. The van der Waals surface area contributed by atoms with Crippen molar-refractivity contribution >= 4 is 23.4 Å². The molecule has 0 saturated heterocycles. The highest BCUT2D eigenvalue weighted by atomic mass is 35.5. The molecule has 0 bridgehead atoms. The van der Waals surface area contributed by atoms with Crippen LogP contribution in [0.4, 0.5) is 0 Å². The zero-order valence-electron chi connectivity index (χ0n) is 10.1. The third-order valence-electron chi connectivity index (χ3n) is 2.93. The molecule has 1 fully saturated rings. The fraction of sp³-hybridized carbons (Fsp3) is 0.286. The van der Waals surface area contributed by atoms with Crippen molar-refractivity contribution in [2.75, 3.05) is 0 Å². The summed E-state index contributed by atoms with van der Waals surface area (Å²) < 4.78 is 5.69. The molecule has 96 valence electrons. The molecular formula is C14H11ClN2OS. The van der Waals surface area contributed by atoms with Crippen molar-refractivity contribution in [1.29, 1.82) is 5.26 Å². The Morgan fingerprint density at radius 3 is 3.00 bits per heavy atom. The van der Waals surface area contributed by atoms with Crippen LogP contribution in [-0.2, 0) is 5.75 Å². The summed E-state index contributed by atoms with van der Waals surface area (Å²) in [6, 6.07) is 7.38. The third-order valence-corrected chi connectivity index (χ3v) is 4.45. The number of halogens is 1. The first kappa shape index (κ1) is 12.6. The normalized spacial score (nSPS) is 14.3. The number of benzene rings is 1. The van der Waals surface area contributed by atoms with Gasteiger partial charge in [0.1, 0.15) is 5.76 Å². The van der Waals surface area contributed by atoms with Gasteiger partial charge in [-0.3, -0.25) is 0 Å². The van der Waals surface area contributed by atoms with E-state index >= 15 is 0 Å². The number of nitriles is 1. The lowest BCUT2D eigenvalue weighted by Gasteiger charge is -2.02. The maximum Gasteiger partial charge on any atom is 0.197 e. The van der Waals surface area contributed by atoms with E-state index in [2.05, 4.69) is 11.1 Å². The van der Waals surface area contributed by atoms with E-state index in [0.29, 0.717) is 22.3 Å². The Labute approximate surface area is 120 Å². The van der Waals surface area contributed by atoms with Crippen LogP contribution in [0.5, 0.6) is 0 Å². The third kappa shape index (κ3) is 2.94. The van der Waals surface area contributed by atoms with Crippen LogP contribution in [0.2, 0.25) is 5.02 Å². The van der Waals surface area contributed by atoms with Gasteiger partial charge in [0.25, 0.3) is 0 Å². The van der Waals surface area contributed by atoms with E-state index in [4.69, 9.17) is 21.3 Å². The molecule has 0 atom stereocenters. The predicted octanol–water partition coefficient (Wildman–Crippen LogP) is 4.37. The van der Waals surface area contributed by atoms with Gasteiger partial charge in [0.2, 0.25) is 0 Å². The van der Waals surface area contributed by atoms with Crippen molar-refractivity contribution in [1.82, 2.24) is 4.98 Å². The zero-order valence-corrected chi connectivity index (χ0v) is 11.7. The summed E-state index contributed by atoms with van der Waals surface area (Å²) in [7, 11) is 0. The molecule has 2 aromatic rings. The molecule has 1 aromatic heterocycles. The van der Waals surface area contributed by atoms with E-state index in [-0.39, 0.29) is 0 Å². The van der Waals surface area contributed by atoms with E-state index < -0.39 is 0 Å². The average Bonchev–Trinajstić information content (AvgIpc) is 3.17. The van der Waals surface area contributed by atoms with Crippen LogP contribution in [0.15, 0.2) is 33.7 Å². The molecule has 0 amide bonds. The Morgan fingerprint density at radius 1 is 1.47 bits per heavy atom. The largest absolute Gasteiger partial charge is 0.445 e. The Bertz CT molecular complexity index is 643. The first-order valence-electron chi connectivity index (χ1n) is 6.03. The van der Waals surface area contributed by atoms with Crippen molar-refractivity contribution in [3.8, 4) is 6.07 Å². The molecule has 3 nitrogen and oxygen atoms in total. The zero-order chi connectivity index (χ0) is 13.2. The number of hydrogen-bond donors (Lipinski definition) is 0. The lowest BCUT2D eigenvalue weighted by Crippen LogP contribution is -1.80. The number of rotatable bonds is 4. The van der Waals surface area contributed by atoms with Crippen LogP contribution in [0, 0.1) is 11.3 Å². The van der Waals surface area contributed by atoms with E-state index in [1.807, 2.05) is 6.07 Å². The van der Waals surface area contributed by atoms with E-state index in [9.17, 15) is 0 Å². The molecule has 0 radical (unpaired) electrons. The molecule has 3 rings (SSSR count). The SMILES string of the molecule is N#Cc1ccc(SCc2cnc(C3CC3)o2)c(Cl)c1. The molecule has 1 aliphatic rings. The van der Waals surface area contributed by atoms with Gasteiger partial charge < -0.3 is 4.42 Å². The van der Waals surface area contributed by atoms with Crippen LogP contribution in [0.25, 0.3) is 0 Å². The highest BCUT2D eigenvalue weighted by Gasteiger charge is 2.28. The molecular weight excluding hydrogens is 280 g/mol. The fourth-order valence-electron chi connectivity index (χ4n) is 1.74. The van der Waals surface area contributed by atoms with Crippen LogP contribution >= 0.6 is 23.4 Å². The minimum atomic E-state index is 0.539. The monoisotopic (exact) mass is 290 g/mol. The highest BCUT2D eigenvalue weighted by Crippen LogP contribution is 2.40. The van der Waals surface area contributed by atoms with Crippen LogP contribution in [-0.4, -0.2) is 4.98 Å². The van der Waals surface area contributed by atoms with Gasteiger partial charge in [-0.05, 0) is 31.0 Å². The van der Waals surface area contributed by atoms with E-state index in [1.165, 1.54) is 12.8 Å². The Balaban J connectivity index is 1.66. The maximum absolute atomic E-state index is 8.78. The van der Waals surface area contributed by atoms with E-state index in [0.717, 1.165) is 16.5 Å². The summed E-state index contributed by atoms with van der Waals surface area (Å²) in [5.41, 5.74) is 0.574. The van der Waals surface area contributed by atoms with Crippen molar-refractivity contribution < 1.29 is 4.42 Å². The maximum atomic E-state index is 8.78. The predicted molar refractivity (Wildman–Crippen MR) is 74.2 cm³/mol. The summed E-state index contributed by atoms with van der Waals surface area (Å²) in [6.07, 6.45) is 4.17. The first-order chi connectivity index (χ1) is 9.26. The Morgan fingerprint density at radius 2 is 2.32 bits per heavy atom. The van der Waals surface area contributed by atoms with Crippen molar-refractivity contribution in [2.45, 2.75) is 29.4 Å². The molecule has 0 aliphatic heterocycles. The molecule has 0 spiro atoms. The molecule has 5 heteroatoms. The summed E-state index contributed by atoms with van der Waals surface area (Å²) >= 11 is 7.71. The Hall–Kier alpha value is -1.44. The quantitative estimate of drug-likeness (QED) is 0.785. The minimum Gasteiger partial charge on any atom is -0.445 e. The average molecular weight is 291 g/mol. The van der Waals surface area contributed by atoms with Gasteiger partial charge in [-0.15, -0.1) is 11.8 Å². The van der Waals surface area contributed by atoms with Gasteiger partial charge in [-0.1, -0.05) is 11.6 Å². The number of oxazole rings is 1. The van der Waals surface area contributed by atoms with Gasteiger partial charge in [-0.25, -0.2) is 4.98 Å². The minimum absolute atomic E-state index is 0.539. The fourth-order valence-corrected chi connectivity index (χ4v) is 2.88. The number of thioether (sulfide) groups is 1. The molecule has 1 saturated carbocycles. The van der Waals surface area contributed by atoms with Gasteiger partial charge in [0.05, 0.1) is 28.6 Å². The molecule has 19 heavy (non-hydrogen) atoms. The second-order valence-corrected chi connectivity index (χ2v) is 5.91. The summed E-state index contributed by atoms with van der Waals surface area (Å²) in [5.74, 6) is 2.97. The number of aromatic nitrogens is 1.